The highest BCUT2D eigenvalue weighted by molar-refractivity contribution is 6.31. The van der Waals surface area contributed by atoms with E-state index in [1.807, 2.05) is 25.2 Å². The SMILES string of the molecule is CC[C@@H](N)c1cn(C)c2cc(Cl)ccc12. The van der Waals surface area contributed by atoms with Crippen LogP contribution < -0.4 is 5.73 Å². The van der Waals surface area contributed by atoms with Crippen molar-refractivity contribution in [1.29, 1.82) is 0 Å². The molecule has 0 aliphatic carbocycles. The summed E-state index contributed by atoms with van der Waals surface area (Å²) in [5.41, 5.74) is 8.41. The average Bonchev–Trinajstić information content (AvgIpc) is 2.55. The molecule has 1 aromatic carbocycles. The summed E-state index contributed by atoms with van der Waals surface area (Å²) in [5.74, 6) is 0. The van der Waals surface area contributed by atoms with Crippen LogP contribution in [0.4, 0.5) is 0 Å². The number of benzene rings is 1. The Morgan fingerprint density at radius 3 is 2.87 bits per heavy atom. The second-order valence-corrected chi connectivity index (χ2v) is 4.31. The second-order valence-electron chi connectivity index (χ2n) is 3.87. The molecule has 15 heavy (non-hydrogen) atoms. The van der Waals surface area contributed by atoms with Crippen LogP contribution in [0.2, 0.25) is 5.02 Å². The van der Waals surface area contributed by atoms with Gasteiger partial charge in [0.1, 0.15) is 0 Å². The third-order valence-electron chi connectivity index (χ3n) is 2.82. The number of fused-ring (bicyclic) bond motifs is 1. The molecule has 0 radical (unpaired) electrons. The summed E-state index contributed by atoms with van der Waals surface area (Å²) < 4.78 is 2.08. The Hall–Kier alpha value is -0.990. The lowest BCUT2D eigenvalue weighted by atomic mass is 10.0. The Kier molecular flexibility index (Phi) is 2.72. The molecule has 0 bridgehead atoms. The molecule has 0 fully saturated rings. The summed E-state index contributed by atoms with van der Waals surface area (Å²) in [6, 6.07) is 6.04. The predicted molar refractivity (Wildman–Crippen MR) is 65.1 cm³/mol. The number of aryl methyl sites for hydroxylation is 1. The Morgan fingerprint density at radius 2 is 2.20 bits per heavy atom. The van der Waals surface area contributed by atoms with E-state index in [-0.39, 0.29) is 6.04 Å². The molecule has 2 N–H and O–H groups in total. The summed E-state index contributed by atoms with van der Waals surface area (Å²) >= 11 is 5.97. The van der Waals surface area contributed by atoms with Gasteiger partial charge in [0.2, 0.25) is 0 Å². The van der Waals surface area contributed by atoms with Gasteiger partial charge in [0.05, 0.1) is 0 Å². The predicted octanol–water partition coefficient (Wildman–Crippen LogP) is 3.24. The summed E-state index contributed by atoms with van der Waals surface area (Å²) in [6.45, 7) is 2.10. The van der Waals surface area contributed by atoms with Gasteiger partial charge >= 0.3 is 0 Å². The van der Waals surface area contributed by atoms with Crippen LogP contribution in [0.3, 0.4) is 0 Å². The molecule has 0 aliphatic rings. The van der Waals surface area contributed by atoms with Crippen molar-refractivity contribution in [3.8, 4) is 0 Å². The molecule has 0 saturated heterocycles. The number of aromatic nitrogens is 1. The molecule has 0 aliphatic heterocycles. The minimum atomic E-state index is 0.106. The van der Waals surface area contributed by atoms with E-state index in [0.717, 1.165) is 17.0 Å². The van der Waals surface area contributed by atoms with Crippen molar-refractivity contribution in [3.05, 3.63) is 35.0 Å². The Morgan fingerprint density at radius 1 is 1.47 bits per heavy atom. The summed E-state index contributed by atoms with van der Waals surface area (Å²) in [4.78, 5) is 0. The van der Waals surface area contributed by atoms with E-state index < -0.39 is 0 Å². The number of halogens is 1. The quantitative estimate of drug-likeness (QED) is 0.831. The summed E-state index contributed by atoms with van der Waals surface area (Å²) in [6.07, 6.45) is 3.04. The smallest absolute Gasteiger partial charge is 0.0496 e. The van der Waals surface area contributed by atoms with Gasteiger partial charge in [-0.25, -0.2) is 0 Å². The molecule has 0 spiro atoms. The monoisotopic (exact) mass is 222 g/mol. The first-order chi connectivity index (χ1) is 7.13. The van der Waals surface area contributed by atoms with Crippen LogP contribution in [0.15, 0.2) is 24.4 Å². The third-order valence-corrected chi connectivity index (χ3v) is 3.06. The number of nitrogens with zero attached hydrogens (tertiary/aromatic N) is 1. The maximum atomic E-state index is 6.07. The van der Waals surface area contributed by atoms with Crippen molar-refractivity contribution in [3.63, 3.8) is 0 Å². The van der Waals surface area contributed by atoms with Crippen LogP contribution >= 0.6 is 11.6 Å². The fourth-order valence-corrected chi connectivity index (χ4v) is 2.07. The van der Waals surface area contributed by atoms with Gasteiger partial charge in [-0.1, -0.05) is 24.6 Å². The Labute approximate surface area is 94.6 Å². The molecule has 1 atom stereocenters. The van der Waals surface area contributed by atoms with Gasteiger partial charge in [-0.05, 0) is 24.1 Å². The number of hydrogen-bond donors (Lipinski definition) is 1. The molecule has 2 rings (SSSR count). The lowest BCUT2D eigenvalue weighted by Crippen LogP contribution is -2.07. The van der Waals surface area contributed by atoms with E-state index in [9.17, 15) is 0 Å². The second kappa shape index (κ2) is 3.87. The third kappa shape index (κ3) is 1.75. The highest BCUT2D eigenvalue weighted by atomic mass is 35.5. The zero-order chi connectivity index (χ0) is 11.0. The standard InChI is InChI=1S/C12H15ClN2/c1-3-11(14)10-7-15(2)12-6-8(13)4-5-9(10)12/h4-7,11H,3,14H2,1-2H3/t11-/m1/s1. The fraction of sp³-hybridized carbons (Fsp3) is 0.333. The molecule has 80 valence electrons. The molecular formula is C12H15ClN2. The van der Waals surface area contributed by atoms with Crippen LogP contribution in [0, 0.1) is 0 Å². The largest absolute Gasteiger partial charge is 0.350 e. The van der Waals surface area contributed by atoms with Crippen molar-refractivity contribution in [2.45, 2.75) is 19.4 Å². The van der Waals surface area contributed by atoms with Crippen LogP contribution in [0.25, 0.3) is 10.9 Å². The minimum absolute atomic E-state index is 0.106. The molecule has 0 unspecified atom stereocenters. The molecule has 0 amide bonds. The van der Waals surface area contributed by atoms with Gasteiger partial charge in [-0.3, -0.25) is 0 Å². The highest BCUT2D eigenvalue weighted by Gasteiger charge is 2.11. The van der Waals surface area contributed by atoms with Gasteiger partial charge in [0.15, 0.2) is 0 Å². The maximum Gasteiger partial charge on any atom is 0.0496 e. The van der Waals surface area contributed by atoms with E-state index in [0.29, 0.717) is 0 Å². The van der Waals surface area contributed by atoms with Crippen LogP contribution in [0.5, 0.6) is 0 Å². The molecule has 1 aromatic heterocycles. The highest BCUT2D eigenvalue weighted by Crippen LogP contribution is 2.28. The lowest BCUT2D eigenvalue weighted by molar-refractivity contribution is 0.700. The number of rotatable bonds is 2. The van der Waals surface area contributed by atoms with Crippen molar-refractivity contribution < 1.29 is 0 Å². The normalized spacial score (nSPS) is 13.3. The minimum Gasteiger partial charge on any atom is -0.350 e. The van der Waals surface area contributed by atoms with Gasteiger partial charge < -0.3 is 10.3 Å². The van der Waals surface area contributed by atoms with Gasteiger partial charge in [-0.2, -0.15) is 0 Å². The molecule has 3 heteroatoms. The van der Waals surface area contributed by atoms with Crippen molar-refractivity contribution in [2.24, 2.45) is 12.8 Å². The van der Waals surface area contributed by atoms with Gasteiger partial charge in [-0.15, -0.1) is 0 Å². The average molecular weight is 223 g/mol. The van der Waals surface area contributed by atoms with Crippen LogP contribution in [-0.2, 0) is 7.05 Å². The molecule has 2 nitrogen and oxygen atoms in total. The van der Waals surface area contributed by atoms with Crippen molar-refractivity contribution >= 4 is 22.5 Å². The van der Waals surface area contributed by atoms with Crippen LogP contribution in [-0.4, -0.2) is 4.57 Å². The zero-order valence-electron chi connectivity index (χ0n) is 9.00. The first-order valence-corrected chi connectivity index (χ1v) is 5.51. The zero-order valence-corrected chi connectivity index (χ0v) is 9.75. The molecule has 1 heterocycles. The number of hydrogen-bond acceptors (Lipinski definition) is 1. The topological polar surface area (TPSA) is 30.9 Å². The maximum absolute atomic E-state index is 6.07. The molecule has 2 aromatic rings. The number of nitrogens with two attached hydrogens (primary N) is 1. The summed E-state index contributed by atoms with van der Waals surface area (Å²) in [7, 11) is 2.02. The fourth-order valence-electron chi connectivity index (χ4n) is 1.90. The Bertz CT molecular complexity index is 488. The summed E-state index contributed by atoms with van der Waals surface area (Å²) in [5, 5.41) is 1.97. The molecular weight excluding hydrogens is 208 g/mol. The first kappa shape index (κ1) is 10.5. The van der Waals surface area contributed by atoms with E-state index >= 15 is 0 Å². The first-order valence-electron chi connectivity index (χ1n) is 5.13. The molecule has 0 saturated carbocycles. The van der Waals surface area contributed by atoms with E-state index in [1.165, 1.54) is 10.9 Å². The van der Waals surface area contributed by atoms with Gasteiger partial charge in [0.25, 0.3) is 0 Å². The van der Waals surface area contributed by atoms with E-state index in [4.69, 9.17) is 17.3 Å². The van der Waals surface area contributed by atoms with Crippen LogP contribution in [0.1, 0.15) is 24.9 Å². The van der Waals surface area contributed by atoms with E-state index in [1.54, 1.807) is 0 Å². The van der Waals surface area contributed by atoms with Crippen molar-refractivity contribution in [1.82, 2.24) is 4.57 Å². The Balaban J connectivity index is 2.68. The van der Waals surface area contributed by atoms with Gasteiger partial charge in [0, 0.05) is 35.2 Å². The van der Waals surface area contributed by atoms with Crippen molar-refractivity contribution in [2.75, 3.05) is 0 Å². The lowest BCUT2D eigenvalue weighted by Gasteiger charge is -2.06. The van der Waals surface area contributed by atoms with E-state index in [2.05, 4.69) is 17.7 Å².